The summed E-state index contributed by atoms with van der Waals surface area (Å²) in [5.74, 6) is 1.26. The van der Waals surface area contributed by atoms with Gasteiger partial charge >= 0.3 is 0 Å². The first-order valence-corrected chi connectivity index (χ1v) is 5.84. The lowest BCUT2D eigenvalue weighted by Crippen LogP contribution is -2.40. The standard InChI is InChI=1S/C13H21N3O2/c1-10(9-17-2)16-13(14)15-8-11-4-6-12(18-3)7-5-11/h4-7,10H,8-9H2,1-3H3,(H3,14,15,16). The number of guanidine groups is 1. The van der Waals surface area contributed by atoms with Crippen LogP contribution in [0.5, 0.6) is 5.75 Å². The van der Waals surface area contributed by atoms with Crippen LogP contribution in [-0.2, 0) is 11.3 Å². The largest absolute Gasteiger partial charge is 0.497 e. The molecule has 1 atom stereocenters. The number of benzene rings is 1. The average Bonchev–Trinajstić information content (AvgIpc) is 2.37. The minimum Gasteiger partial charge on any atom is -0.497 e. The van der Waals surface area contributed by atoms with Crippen LogP contribution in [0.4, 0.5) is 0 Å². The Bertz CT molecular complexity index is 376. The van der Waals surface area contributed by atoms with Gasteiger partial charge < -0.3 is 20.5 Å². The summed E-state index contributed by atoms with van der Waals surface area (Å²) in [7, 11) is 3.30. The molecule has 0 fully saturated rings. The van der Waals surface area contributed by atoms with E-state index in [2.05, 4.69) is 10.3 Å². The van der Waals surface area contributed by atoms with Crippen molar-refractivity contribution in [1.82, 2.24) is 5.32 Å². The molecule has 0 saturated heterocycles. The summed E-state index contributed by atoms with van der Waals surface area (Å²) < 4.78 is 10.1. The maximum absolute atomic E-state index is 5.77. The molecular formula is C13H21N3O2. The van der Waals surface area contributed by atoms with Gasteiger partial charge in [0.25, 0.3) is 0 Å². The minimum atomic E-state index is 0.148. The highest BCUT2D eigenvalue weighted by Gasteiger charge is 2.01. The van der Waals surface area contributed by atoms with Crippen LogP contribution in [-0.4, -0.2) is 32.8 Å². The lowest BCUT2D eigenvalue weighted by Gasteiger charge is -2.13. The number of ether oxygens (including phenoxy) is 2. The maximum atomic E-state index is 5.77. The van der Waals surface area contributed by atoms with E-state index in [4.69, 9.17) is 15.2 Å². The lowest BCUT2D eigenvalue weighted by molar-refractivity contribution is 0.179. The van der Waals surface area contributed by atoms with Crippen molar-refractivity contribution in [2.45, 2.75) is 19.5 Å². The number of nitrogens with two attached hydrogens (primary N) is 1. The van der Waals surface area contributed by atoms with E-state index in [1.54, 1.807) is 14.2 Å². The van der Waals surface area contributed by atoms with Gasteiger partial charge in [-0.1, -0.05) is 12.1 Å². The SMILES string of the molecule is COCC(C)NC(N)=NCc1ccc(OC)cc1. The first kappa shape index (κ1) is 14.3. The molecule has 0 heterocycles. The van der Waals surface area contributed by atoms with Crippen LogP contribution >= 0.6 is 0 Å². The summed E-state index contributed by atoms with van der Waals surface area (Å²) in [6.07, 6.45) is 0. The van der Waals surface area contributed by atoms with E-state index in [9.17, 15) is 0 Å². The maximum Gasteiger partial charge on any atom is 0.189 e. The van der Waals surface area contributed by atoms with E-state index in [0.29, 0.717) is 19.1 Å². The number of aliphatic imine (C=N–C) groups is 1. The third-order valence-electron chi connectivity index (χ3n) is 2.40. The van der Waals surface area contributed by atoms with E-state index >= 15 is 0 Å². The lowest BCUT2D eigenvalue weighted by atomic mass is 10.2. The third kappa shape index (κ3) is 5.05. The fourth-order valence-corrected chi connectivity index (χ4v) is 1.50. The van der Waals surface area contributed by atoms with Gasteiger partial charge in [-0.3, -0.25) is 0 Å². The second kappa shape index (κ2) is 7.55. The summed E-state index contributed by atoms with van der Waals surface area (Å²) in [5, 5.41) is 3.05. The van der Waals surface area contributed by atoms with E-state index < -0.39 is 0 Å². The van der Waals surface area contributed by atoms with Crippen LogP contribution in [0.2, 0.25) is 0 Å². The molecule has 18 heavy (non-hydrogen) atoms. The number of hydrogen-bond acceptors (Lipinski definition) is 3. The summed E-state index contributed by atoms with van der Waals surface area (Å²) in [5.41, 5.74) is 6.85. The number of rotatable bonds is 6. The van der Waals surface area contributed by atoms with Crippen molar-refractivity contribution < 1.29 is 9.47 Å². The molecule has 1 unspecified atom stereocenters. The average molecular weight is 251 g/mol. The van der Waals surface area contributed by atoms with E-state index in [1.807, 2.05) is 31.2 Å². The Morgan fingerprint density at radius 1 is 1.33 bits per heavy atom. The van der Waals surface area contributed by atoms with Crippen molar-refractivity contribution in [2.24, 2.45) is 10.7 Å². The molecule has 3 N–H and O–H groups in total. The summed E-state index contributed by atoms with van der Waals surface area (Å²) in [4.78, 5) is 4.26. The van der Waals surface area contributed by atoms with Crippen molar-refractivity contribution in [2.75, 3.05) is 20.8 Å². The molecule has 0 radical (unpaired) electrons. The zero-order chi connectivity index (χ0) is 13.4. The smallest absolute Gasteiger partial charge is 0.189 e. The zero-order valence-electron chi connectivity index (χ0n) is 11.1. The van der Waals surface area contributed by atoms with Crippen LogP contribution < -0.4 is 15.8 Å². The Morgan fingerprint density at radius 3 is 2.56 bits per heavy atom. The highest BCUT2D eigenvalue weighted by atomic mass is 16.5. The Hall–Kier alpha value is -1.75. The van der Waals surface area contributed by atoms with Crippen LogP contribution in [0.15, 0.2) is 29.3 Å². The highest BCUT2D eigenvalue weighted by Crippen LogP contribution is 2.11. The molecule has 0 amide bonds. The monoisotopic (exact) mass is 251 g/mol. The molecule has 0 bridgehead atoms. The number of nitrogens with zero attached hydrogens (tertiary/aromatic N) is 1. The molecular weight excluding hydrogens is 230 g/mol. The normalized spacial score (nSPS) is 13.2. The summed E-state index contributed by atoms with van der Waals surface area (Å²) in [6.45, 7) is 3.13. The molecule has 1 aromatic rings. The van der Waals surface area contributed by atoms with Crippen LogP contribution in [0.25, 0.3) is 0 Å². The quantitative estimate of drug-likeness (QED) is 0.587. The Balaban J connectivity index is 2.46. The van der Waals surface area contributed by atoms with Crippen molar-refractivity contribution in [1.29, 1.82) is 0 Å². The molecule has 0 saturated carbocycles. The summed E-state index contributed by atoms with van der Waals surface area (Å²) >= 11 is 0. The van der Waals surface area contributed by atoms with Gasteiger partial charge in [0.2, 0.25) is 0 Å². The van der Waals surface area contributed by atoms with Crippen LogP contribution in [0.3, 0.4) is 0 Å². The molecule has 0 aliphatic heterocycles. The first-order chi connectivity index (χ1) is 8.65. The first-order valence-electron chi connectivity index (χ1n) is 5.84. The molecule has 1 aromatic carbocycles. The molecule has 0 aliphatic carbocycles. The Labute approximate surface area is 108 Å². The van der Waals surface area contributed by atoms with E-state index in [-0.39, 0.29) is 6.04 Å². The number of hydrogen-bond donors (Lipinski definition) is 2. The fraction of sp³-hybridized carbons (Fsp3) is 0.462. The van der Waals surface area contributed by atoms with Gasteiger partial charge in [0, 0.05) is 13.2 Å². The molecule has 5 heteroatoms. The predicted molar refractivity (Wildman–Crippen MR) is 72.8 cm³/mol. The van der Waals surface area contributed by atoms with Gasteiger partial charge in [0.05, 0.1) is 20.3 Å². The topological polar surface area (TPSA) is 68.9 Å². The van der Waals surface area contributed by atoms with Crippen molar-refractivity contribution in [3.8, 4) is 5.75 Å². The highest BCUT2D eigenvalue weighted by molar-refractivity contribution is 5.78. The van der Waals surface area contributed by atoms with Gasteiger partial charge in [-0.15, -0.1) is 0 Å². The van der Waals surface area contributed by atoms with Gasteiger partial charge in [-0.05, 0) is 24.6 Å². The summed E-state index contributed by atoms with van der Waals surface area (Å²) in [6, 6.07) is 7.89. The second-order valence-corrected chi connectivity index (χ2v) is 4.05. The predicted octanol–water partition coefficient (Wildman–Crippen LogP) is 1.13. The molecule has 0 spiro atoms. The van der Waals surface area contributed by atoms with Crippen LogP contribution in [0.1, 0.15) is 12.5 Å². The molecule has 0 aliphatic rings. The van der Waals surface area contributed by atoms with Crippen LogP contribution in [0, 0.1) is 0 Å². The Kier molecular flexibility index (Phi) is 6.00. The van der Waals surface area contributed by atoms with Gasteiger partial charge in [0.15, 0.2) is 5.96 Å². The van der Waals surface area contributed by atoms with Crippen molar-refractivity contribution in [3.05, 3.63) is 29.8 Å². The molecule has 0 aromatic heterocycles. The molecule has 100 valence electrons. The van der Waals surface area contributed by atoms with Gasteiger partial charge in [0.1, 0.15) is 5.75 Å². The Morgan fingerprint density at radius 2 is 2.00 bits per heavy atom. The minimum absolute atomic E-state index is 0.148. The molecule has 5 nitrogen and oxygen atoms in total. The van der Waals surface area contributed by atoms with E-state index in [0.717, 1.165) is 11.3 Å². The van der Waals surface area contributed by atoms with Gasteiger partial charge in [-0.2, -0.15) is 0 Å². The van der Waals surface area contributed by atoms with Gasteiger partial charge in [-0.25, -0.2) is 4.99 Å². The van der Waals surface area contributed by atoms with Crippen molar-refractivity contribution >= 4 is 5.96 Å². The number of methoxy groups -OCH3 is 2. The second-order valence-electron chi connectivity index (χ2n) is 4.05. The fourth-order valence-electron chi connectivity index (χ4n) is 1.50. The third-order valence-corrected chi connectivity index (χ3v) is 2.40. The van der Waals surface area contributed by atoms with E-state index in [1.165, 1.54) is 0 Å². The molecule has 1 rings (SSSR count). The van der Waals surface area contributed by atoms with Crippen molar-refractivity contribution in [3.63, 3.8) is 0 Å². The number of nitrogens with one attached hydrogen (secondary N) is 1. The zero-order valence-corrected chi connectivity index (χ0v) is 11.1.